The van der Waals surface area contributed by atoms with Gasteiger partial charge in [0.2, 0.25) is 0 Å². The molecule has 0 bridgehead atoms. The molecular weight excluding hydrogens is 344 g/mol. The first kappa shape index (κ1) is 20.6. The molecule has 2 aromatic rings. The van der Waals surface area contributed by atoms with Crippen molar-refractivity contribution < 1.29 is 23.9 Å². The summed E-state index contributed by atoms with van der Waals surface area (Å²) in [4.78, 5) is 13.4. The van der Waals surface area contributed by atoms with Gasteiger partial charge in [-0.05, 0) is 48.9 Å². The Balaban J connectivity index is 1.81. The number of rotatable bonds is 10. The molecule has 0 aliphatic heterocycles. The Kier molecular flexibility index (Phi) is 7.95. The van der Waals surface area contributed by atoms with Crippen molar-refractivity contribution in [1.29, 1.82) is 0 Å². The Bertz CT molecular complexity index is 731. The van der Waals surface area contributed by atoms with Crippen LogP contribution < -0.4 is 24.4 Å². The summed E-state index contributed by atoms with van der Waals surface area (Å²) in [5.41, 5.74) is 1.93. The minimum absolute atomic E-state index is 0.0102. The molecule has 27 heavy (non-hydrogen) atoms. The smallest absolute Gasteiger partial charge is 0.279 e. The van der Waals surface area contributed by atoms with Crippen LogP contribution in [0.1, 0.15) is 12.5 Å². The van der Waals surface area contributed by atoms with Gasteiger partial charge in [0.05, 0.1) is 34.4 Å². The number of carbonyl (C=O) groups is 1. The number of methoxy groups -OCH3 is 2. The van der Waals surface area contributed by atoms with E-state index in [4.69, 9.17) is 14.2 Å². The van der Waals surface area contributed by atoms with Crippen LogP contribution in [0.25, 0.3) is 0 Å². The van der Waals surface area contributed by atoms with E-state index in [-0.39, 0.29) is 5.91 Å². The SMILES string of the molecule is CCOc1ccc(NC(=O)C[NH+](C)CCc2ccc(OC)c(OC)c2)cc1. The first-order valence-corrected chi connectivity index (χ1v) is 9.10. The van der Waals surface area contributed by atoms with Crippen LogP contribution in [0.3, 0.4) is 0 Å². The fourth-order valence-electron chi connectivity index (χ4n) is 2.76. The van der Waals surface area contributed by atoms with Crippen LogP contribution in [0.15, 0.2) is 42.5 Å². The van der Waals surface area contributed by atoms with Crippen molar-refractivity contribution in [3.63, 3.8) is 0 Å². The lowest BCUT2D eigenvalue weighted by atomic mass is 10.1. The van der Waals surface area contributed by atoms with Gasteiger partial charge in [0.15, 0.2) is 18.0 Å². The second kappa shape index (κ2) is 10.4. The average Bonchev–Trinajstić information content (AvgIpc) is 2.67. The van der Waals surface area contributed by atoms with Gasteiger partial charge in [0.1, 0.15) is 5.75 Å². The van der Waals surface area contributed by atoms with Crippen LogP contribution in [-0.2, 0) is 11.2 Å². The van der Waals surface area contributed by atoms with Crippen molar-refractivity contribution in [2.45, 2.75) is 13.3 Å². The molecule has 1 unspecified atom stereocenters. The van der Waals surface area contributed by atoms with Crippen LogP contribution in [0.2, 0.25) is 0 Å². The third kappa shape index (κ3) is 6.49. The van der Waals surface area contributed by atoms with Crippen molar-refractivity contribution in [3.8, 4) is 17.2 Å². The number of hydrogen-bond donors (Lipinski definition) is 2. The molecule has 1 amide bonds. The molecule has 0 spiro atoms. The largest absolute Gasteiger partial charge is 0.494 e. The maximum absolute atomic E-state index is 12.2. The maximum atomic E-state index is 12.2. The fourth-order valence-corrected chi connectivity index (χ4v) is 2.76. The third-order valence-corrected chi connectivity index (χ3v) is 4.20. The Morgan fingerprint density at radius 2 is 1.74 bits per heavy atom. The van der Waals surface area contributed by atoms with E-state index in [2.05, 4.69) is 5.32 Å². The first-order valence-electron chi connectivity index (χ1n) is 9.10. The highest BCUT2D eigenvalue weighted by Crippen LogP contribution is 2.27. The molecule has 2 rings (SSSR count). The highest BCUT2D eigenvalue weighted by atomic mass is 16.5. The van der Waals surface area contributed by atoms with E-state index in [9.17, 15) is 4.79 Å². The summed E-state index contributed by atoms with van der Waals surface area (Å²) < 4.78 is 16.0. The zero-order valence-corrected chi connectivity index (χ0v) is 16.5. The lowest BCUT2D eigenvalue weighted by Gasteiger charge is -2.15. The van der Waals surface area contributed by atoms with E-state index in [1.165, 1.54) is 0 Å². The second-order valence-corrected chi connectivity index (χ2v) is 6.33. The Morgan fingerprint density at radius 1 is 1.04 bits per heavy atom. The zero-order valence-electron chi connectivity index (χ0n) is 16.5. The summed E-state index contributed by atoms with van der Waals surface area (Å²) in [5.74, 6) is 2.23. The second-order valence-electron chi connectivity index (χ2n) is 6.33. The van der Waals surface area contributed by atoms with E-state index < -0.39 is 0 Å². The van der Waals surface area contributed by atoms with Crippen molar-refractivity contribution in [2.75, 3.05) is 46.3 Å². The van der Waals surface area contributed by atoms with Gasteiger partial charge in [0, 0.05) is 12.1 Å². The number of carbonyl (C=O) groups excluding carboxylic acids is 1. The van der Waals surface area contributed by atoms with E-state index in [1.54, 1.807) is 14.2 Å². The summed E-state index contributed by atoms with van der Waals surface area (Å²) in [5, 5.41) is 2.92. The van der Waals surface area contributed by atoms with Crippen LogP contribution in [-0.4, -0.2) is 46.9 Å². The first-order chi connectivity index (χ1) is 13.0. The van der Waals surface area contributed by atoms with Gasteiger partial charge < -0.3 is 24.4 Å². The highest BCUT2D eigenvalue weighted by Gasteiger charge is 2.11. The Labute approximate surface area is 161 Å². The van der Waals surface area contributed by atoms with Crippen molar-refractivity contribution >= 4 is 11.6 Å². The van der Waals surface area contributed by atoms with Crippen molar-refractivity contribution in [2.24, 2.45) is 0 Å². The van der Waals surface area contributed by atoms with E-state index in [1.807, 2.05) is 56.4 Å². The summed E-state index contributed by atoms with van der Waals surface area (Å²) in [6, 6.07) is 13.3. The monoisotopic (exact) mass is 373 g/mol. The van der Waals surface area contributed by atoms with Crippen molar-refractivity contribution in [1.82, 2.24) is 0 Å². The molecule has 6 heteroatoms. The predicted octanol–water partition coefficient (Wildman–Crippen LogP) is 1.80. The summed E-state index contributed by atoms with van der Waals surface area (Å²) in [6.45, 7) is 3.81. The van der Waals surface area contributed by atoms with Gasteiger partial charge in [-0.3, -0.25) is 4.79 Å². The van der Waals surface area contributed by atoms with Gasteiger partial charge in [0.25, 0.3) is 5.91 Å². The minimum atomic E-state index is -0.0102. The van der Waals surface area contributed by atoms with Gasteiger partial charge in [-0.15, -0.1) is 0 Å². The number of benzene rings is 2. The molecule has 1 atom stereocenters. The van der Waals surface area contributed by atoms with Gasteiger partial charge in [-0.25, -0.2) is 0 Å². The van der Waals surface area contributed by atoms with E-state index in [0.29, 0.717) is 13.2 Å². The predicted molar refractivity (Wildman–Crippen MR) is 106 cm³/mol. The molecule has 0 saturated carbocycles. The van der Waals surface area contributed by atoms with Gasteiger partial charge in [-0.1, -0.05) is 6.07 Å². The van der Waals surface area contributed by atoms with E-state index >= 15 is 0 Å². The van der Waals surface area contributed by atoms with Crippen LogP contribution in [0.5, 0.6) is 17.2 Å². The fraction of sp³-hybridized carbons (Fsp3) is 0.381. The van der Waals surface area contributed by atoms with Crippen molar-refractivity contribution in [3.05, 3.63) is 48.0 Å². The average molecular weight is 373 g/mol. The highest BCUT2D eigenvalue weighted by molar-refractivity contribution is 5.91. The number of quaternary nitrogens is 1. The third-order valence-electron chi connectivity index (χ3n) is 4.20. The number of likely N-dealkylation sites (N-methyl/N-ethyl adjacent to an activating group) is 1. The summed E-state index contributed by atoms with van der Waals surface area (Å²) in [7, 11) is 5.27. The van der Waals surface area contributed by atoms with Crippen LogP contribution >= 0.6 is 0 Å². The quantitative estimate of drug-likeness (QED) is 0.667. The molecule has 146 valence electrons. The Morgan fingerprint density at radius 3 is 2.37 bits per heavy atom. The van der Waals surface area contributed by atoms with Crippen LogP contribution in [0, 0.1) is 0 Å². The summed E-state index contributed by atoms with van der Waals surface area (Å²) in [6.07, 6.45) is 0.850. The lowest BCUT2D eigenvalue weighted by molar-refractivity contribution is -0.870. The molecule has 6 nitrogen and oxygen atoms in total. The van der Waals surface area contributed by atoms with Crippen LogP contribution in [0.4, 0.5) is 5.69 Å². The van der Waals surface area contributed by atoms with Gasteiger partial charge >= 0.3 is 0 Å². The molecule has 0 aromatic heterocycles. The zero-order chi connectivity index (χ0) is 19.6. The molecule has 2 N–H and O–H groups in total. The molecule has 2 aromatic carbocycles. The molecule has 0 aliphatic carbocycles. The Hall–Kier alpha value is -2.73. The minimum Gasteiger partial charge on any atom is -0.494 e. The molecule has 0 aliphatic rings. The normalized spacial score (nSPS) is 11.6. The topological polar surface area (TPSA) is 61.2 Å². The van der Waals surface area contributed by atoms with Gasteiger partial charge in [-0.2, -0.15) is 0 Å². The number of anilines is 1. The standard InChI is InChI=1S/C21H28N2O4/c1-5-27-18-9-7-17(8-10-18)22-21(24)15-23(2)13-12-16-6-11-19(25-3)20(14-16)26-4/h6-11,14H,5,12-13,15H2,1-4H3,(H,22,24)/p+1. The number of hydrogen-bond acceptors (Lipinski definition) is 4. The van der Waals surface area contributed by atoms with E-state index in [0.717, 1.165) is 46.4 Å². The molecule has 0 fully saturated rings. The molecular formula is C21H29N2O4+. The maximum Gasteiger partial charge on any atom is 0.279 e. The molecule has 0 saturated heterocycles. The summed E-state index contributed by atoms with van der Waals surface area (Å²) >= 11 is 0. The number of amides is 1. The number of ether oxygens (including phenoxy) is 3. The molecule has 0 heterocycles. The molecule has 0 radical (unpaired) electrons. The lowest BCUT2D eigenvalue weighted by Crippen LogP contribution is -3.10. The number of nitrogens with one attached hydrogen (secondary N) is 2.